The van der Waals surface area contributed by atoms with Crippen molar-refractivity contribution in [3.8, 4) is 11.8 Å². The number of hydrogen-bond acceptors (Lipinski definition) is 2. The van der Waals surface area contributed by atoms with Crippen LogP contribution in [0.1, 0.15) is 48.5 Å². The van der Waals surface area contributed by atoms with Crippen LogP contribution in [0.3, 0.4) is 0 Å². The number of unbranched alkanes of at least 4 members (excludes halogenated alkanes) is 3. The van der Waals surface area contributed by atoms with Gasteiger partial charge in [0.05, 0.1) is 12.7 Å². The fourth-order valence-electron chi connectivity index (χ4n) is 1.44. The van der Waals surface area contributed by atoms with Gasteiger partial charge in [0.15, 0.2) is 0 Å². The zero-order valence-electron chi connectivity index (χ0n) is 10.5. The number of benzene rings is 1. The lowest BCUT2D eigenvalue weighted by atomic mass is 10.1. The minimum Gasteiger partial charge on any atom is -0.465 e. The maximum Gasteiger partial charge on any atom is 0.337 e. The number of esters is 1. The number of methoxy groups -OCH3 is 1. The number of rotatable bonds is 4. The molecule has 2 nitrogen and oxygen atoms in total. The second kappa shape index (κ2) is 7.51. The molecule has 1 rings (SSSR count). The van der Waals surface area contributed by atoms with Gasteiger partial charge in [0.25, 0.3) is 0 Å². The standard InChI is InChI=1S/C15H18O2/c1-3-4-5-6-7-8-13-9-11-14(12-10-13)15(16)17-2/h9-12H,3-6H2,1-2H3. The average Bonchev–Trinajstić information content (AvgIpc) is 2.38. The molecule has 0 aromatic heterocycles. The summed E-state index contributed by atoms with van der Waals surface area (Å²) >= 11 is 0. The molecule has 0 saturated heterocycles. The van der Waals surface area contributed by atoms with Crippen LogP contribution in [-0.4, -0.2) is 13.1 Å². The van der Waals surface area contributed by atoms with E-state index in [1.54, 1.807) is 12.1 Å². The average molecular weight is 230 g/mol. The second-order valence-electron chi connectivity index (χ2n) is 3.83. The molecule has 0 aliphatic heterocycles. The maximum atomic E-state index is 11.2. The summed E-state index contributed by atoms with van der Waals surface area (Å²) in [6, 6.07) is 7.17. The molecule has 0 fully saturated rings. The summed E-state index contributed by atoms with van der Waals surface area (Å²) in [5.41, 5.74) is 1.50. The van der Waals surface area contributed by atoms with Crippen molar-refractivity contribution in [3.05, 3.63) is 35.4 Å². The van der Waals surface area contributed by atoms with Crippen LogP contribution >= 0.6 is 0 Å². The molecule has 0 radical (unpaired) electrons. The molecule has 0 unspecified atom stereocenters. The van der Waals surface area contributed by atoms with Crippen molar-refractivity contribution in [2.45, 2.75) is 32.6 Å². The zero-order chi connectivity index (χ0) is 12.5. The predicted molar refractivity (Wildman–Crippen MR) is 68.8 cm³/mol. The van der Waals surface area contributed by atoms with E-state index in [-0.39, 0.29) is 5.97 Å². The van der Waals surface area contributed by atoms with Gasteiger partial charge in [0, 0.05) is 12.0 Å². The van der Waals surface area contributed by atoms with Gasteiger partial charge in [-0.15, -0.1) is 0 Å². The van der Waals surface area contributed by atoms with E-state index in [9.17, 15) is 4.79 Å². The number of carbonyl (C=O) groups is 1. The number of carbonyl (C=O) groups excluding carboxylic acids is 1. The summed E-state index contributed by atoms with van der Waals surface area (Å²) in [6.45, 7) is 2.18. The highest BCUT2D eigenvalue weighted by molar-refractivity contribution is 5.89. The normalized spacial score (nSPS) is 9.29. The molecule has 0 spiro atoms. The van der Waals surface area contributed by atoms with E-state index < -0.39 is 0 Å². The van der Waals surface area contributed by atoms with Crippen LogP contribution in [-0.2, 0) is 4.74 Å². The second-order valence-corrected chi connectivity index (χ2v) is 3.83. The summed E-state index contributed by atoms with van der Waals surface area (Å²) in [6.07, 6.45) is 4.54. The van der Waals surface area contributed by atoms with Gasteiger partial charge in [-0.05, 0) is 30.7 Å². The topological polar surface area (TPSA) is 26.3 Å². The fraction of sp³-hybridized carbons (Fsp3) is 0.400. The molecule has 0 N–H and O–H groups in total. The van der Waals surface area contributed by atoms with Crippen LogP contribution in [0.15, 0.2) is 24.3 Å². The van der Waals surface area contributed by atoms with E-state index >= 15 is 0 Å². The maximum absolute atomic E-state index is 11.2. The number of ether oxygens (including phenoxy) is 1. The molecular formula is C15H18O2. The van der Waals surface area contributed by atoms with Crippen LogP contribution in [0.5, 0.6) is 0 Å². The summed E-state index contributed by atoms with van der Waals surface area (Å²) in [5, 5.41) is 0. The number of hydrogen-bond donors (Lipinski definition) is 0. The van der Waals surface area contributed by atoms with Gasteiger partial charge in [-0.3, -0.25) is 0 Å². The Balaban J connectivity index is 2.53. The molecule has 0 heterocycles. The summed E-state index contributed by atoms with van der Waals surface area (Å²) < 4.78 is 4.63. The Labute approximate surface area is 103 Å². The molecule has 0 atom stereocenters. The van der Waals surface area contributed by atoms with Gasteiger partial charge in [0.1, 0.15) is 0 Å². The van der Waals surface area contributed by atoms with Crippen molar-refractivity contribution in [1.82, 2.24) is 0 Å². The monoisotopic (exact) mass is 230 g/mol. The smallest absolute Gasteiger partial charge is 0.337 e. The van der Waals surface area contributed by atoms with E-state index in [1.165, 1.54) is 20.0 Å². The molecule has 2 heteroatoms. The highest BCUT2D eigenvalue weighted by Gasteiger charge is 2.02. The van der Waals surface area contributed by atoms with Crippen LogP contribution in [0.4, 0.5) is 0 Å². The van der Waals surface area contributed by atoms with Crippen molar-refractivity contribution in [2.24, 2.45) is 0 Å². The van der Waals surface area contributed by atoms with Crippen LogP contribution in [0.2, 0.25) is 0 Å². The Morgan fingerprint density at radius 1 is 1.24 bits per heavy atom. The molecule has 0 bridgehead atoms. The Morgan fingerprint density at radius 2 is 1.94 bits per heavy atom. The molecular weight excluding hydrogens is 212 g/mol. The minimum absolute atomic E-state index is 0.313. The summed E-state index contributed by atoms with van der Waals surface area (Å²) in [4.78, 5) is 11.2. The molecule has 1 aromatic rings. The van der Waals surface area contributed by atoms with Crippen molar-refractivity contribution < 1.29 is 9.53 Å². The third kappa shape index (κ3) is 4.74. The first-order chi connectivity index (χ1) is 8.27. The third-order valence-electron chi connectivity index (χ3n) is 2.44. The molecule has 0 amide bonds. The first kappa shape index (κ1) is 13.3. The van der Waals surface area contributed by atoms with Crippen LogP contribution in [0.25, 0.3) is 0 Å². The van der Waals surface area contributed by atoms with Gasteiger partial charge in [0.2, 0.25) is 0 Å². The van der Waals surface area contributed by atoms with Crippen molar-refractivity contribution >= 4 is 5.97 Å². The molecule has 90 valence electrons. The third-order valence-corrected chi connectivity index (χ3v) is 2.44. The van der Waals surface area contributed by atoms with E-state index in [0.717, 1.165) is 18.4 Å². The van der Waals surface area contributed by atoms with E-state index in [1.807, 2.05) is 12.1 Å². The zero-order valence-corrected chi connectivity index (χ0v) is 10.5. The highest BCUT2D eigenvalue weighted by Crippen LogP contribution is 2.05. The lowest BCUT2D eigenvalue weighted by molar-refractivity contribution is 0.0601. The Hall–Kier alpha value is -1.75. The van der Waals surface area contributed by atoms with Gasteiger partial charge < -0.3 is 4.74 Å². The quantitative estimate of drug-likeness (QED) is 0.450. The van der Waals surface area contributed by atoms with Crippen molar-refractivity contribution in [3.63, 3.8) is 0 Å². The van der Waals surface area contributed by atoms with Gasteiger partial charge in [-0.25, -0.2) is 4.79 Å². The first-order valence-electron chi connectivity index (χ1n) is 5.95. The molecule has 17 heavy (non-hydrogen) atoms. The van der Waals surface area contributed by atoms with Gasteiger partial charge in [-0.1, -0.05) is 31.6 Å². The van der Waals surface area contributed by atoms with Gasteiger partial charge >= 0.3 is 5.97 Å². The van der Waals surface area contributed by atoms with E-state index in [2.05, 4.69) is 23.5 Å². The Morgan fingerprint density at radius 3 is 2.53 bits per heavy atom. The van der Waals surface area contributed by atoms with E-state index in [4.69, 9.17) is 0 Å². The van der Waals surface area contributed by atoms with E-state index in [0.29, 0.717) is 5.56 Å². The van der Waals surface area contributed by atoms with Crippen molar-refractivity contribution in [2.75, 3.05) is 7.11 Å². The van der Waals surface area contributed by atoms with Gasteiger partial charge in [-0.2, -0.15) is 0 Å². The summed E-state index contributed by atoms with van der Waals surface area (Å²) in [7, 11) is 1.38. The highest BCUT2D eigenvalue weighted by atomic mass is 16.5. The SMILES string of the molecule is CCCCCC#Cc1ccc(C(=O)OC)cc1. The minimum atomic E-state index is -0.313. The molecule has 0 aliphatic carbocycles. The molecule has 1 aromatic carbocycles. The molecule has 0 saturated carbocycles. The fourth-order valence-corrected chi connectivity index (χ4v) is 1.44. The molecule has 0 aliphatic rings. The Bertz CT molecular complexity index is 407. The Kier molecular flexibility index (Phi) is 5.88. The van der Waals surface area contributed by atoms with Crippen LogP contribution in [0, 0.1) is 11.8 Å². The lowest BCUT2D eigenvalue weighted by Gasteiger charge is -1.98. The summed E-state index contributed by atoms with van der Waals surface area (Å²) in [5.74, 6) is 5.91. The van der Waals surface area contributed by atoms with Crippen LogP contribution < -0.4 is 0 Å². The van der Waals surface area contributed by atoms with Crippen molar-refractivity contribution in [1.29, 1.82) is 0 Å². The first-order valence-corrected chi connectivity index (χ1v) is 5.95. The largest absolute Gasteiger partial charge is 0.465 e. The lowest BCUT2D eigenvalue weighted by Crippen LogP contribution is -2.00. The predicted octanol–water partition coefficient (Wildman–Crippen LogP) is 3.41.